The molecule has 3 aromatic carbocycles. The van der Waals surface area contributed by atoms with Crippen LogP contribution >= 0.6 is 23.2 Å². The summed E-state index contributed by atoms with van der Waals surface area (Å²) in [7, 11) is -3.62. The highest BCUT2D eigenvalue weighted by molar-refractivity contribution is 7.92. The number of nitrogens with zero attached hydrogens (tertiary/aromatic N) is 2. The van der Waals surface area contributed by atoms with Crippen molar-refractivity contribution in [2.75, 3.05) is 17.1 Å². The largest absolute Gasteiger partial charge is 0.350 e. The van der Waals surface area contributed by atoms with Crippen molar-refractivity contribution >= 4 is 50.7 Å². The Labute approximate surface area is 253 Å². The molecule has 10 heteroatoms. The smallest absolute Gasteiger partial charge is 0.243 e. The van der Waals surface area contributed by atoms with E-state index in [-0.39, 0.29) is 37.7 Å². The van der Waals surface area contributed by atoms with Crippen LogP contribution < -0.4 is 9.62 Å². The van der Waals surface area contributed by atoms with Gasteiger partial charge in [0, 0.05) is 41.5 Å². The Bertz CT molecular complexity index is 1430. The summed E-state index contributed by atoms with van der Waals surface area (Å²) in [5.74, 6) is -0.523. The maximum absolute atomic E-state index is 13.9. The fraction of sp³-hybridized carbons (Fsp3) is 0.355. The molecule has 220 valence electrons. The second-order valence-corrected chi connectivity index (χ2v) is 13.8. The number of rotatable bonds is 12. The molecule has 0 fully saturated rings. The Balaban J connectivity index is 1.90. The summed E-state index contributed by atoms with van der Waals surface area (Å²) < 4.78 is 26.4. The number of amides is 2. The summed E-state index contributed by atoms with van der Waals surface area (Å²) in [5.41, 5.74) is 1.66. The molecular weight excluding hydrogens is 581 g/mol. The van der Waals surface area contributed by atoms with Crippen LogP contribution in [0.4, 0.5) is 5.69 Å². The van der Waals surface area contributed by atoms with Gasteiger partial charge in [0.15, 0.2) is 0 Å². The van der Waals surface area contributed by atoms with Crippen LogP contribution in [0.1, 0.15) is 44.7 Å². The summed E-state index contributed by atoms with van der Waals surface area (Å²) in [4.78, 5) is 29.1. The number of anilines is 1. The van der Waals surface area contributed by atoms with Crippen molar-refractivity contribution in [3.8, 4) is 0 Å². The number of hydrogen-bond donors (Lipinski definition) is 1. The average molecular weight is 619 g/mol. The number of nitrogens with one attached hydrogen (secondary N) is 1. The molecule has 3 rings (SSSR count). The lowest BCUT2D eigenvalue weighted by Gasteiger charge is -2.34. The molecule has 0 radical (unpaired) electrons. The van der Waals surface area contributed by atoms with Crippen molar-refractivity contribution in [1.29, 1.82) is 0 Å². The fourth-order valence-electron chi connectivity index (χ4n) is 4.43. The standard InChI is InChI=1S/C31H37Cl2N3O4S/c1-31(2,3)34-30(38)28(20-23-10-6-5-7-11-23)35(22-24-15-17-25(32)18-16-24)29(37)14-9-19-36(41(4,39)40)27-13-8-12-26(33)21-27/h5-8,10-13,15-18,21,28H,9,14,19-20,22H2,1-4H3,(H,34,38). The molecule has 0 spiro atoms. The lowest BCUT2D eigenvalue weighted by atomic mass is 10.00. The Morgan fingerprint density at radius 2 is 1.54 bits per heavy atom. The van der Waals surface area contributed by atoms with Crippen LogP contribution in [0.5, 0.6) is 0 Å². The van der Waals surface area contributed by atoms with E-state index < -0.39 is 21.6 Å². The van der Waals surface area contributed by atoms with Gasteiger partial charge in [0.2, 0.25) is 21.8 Å². The van der Waals surface area contributed by atoms with Crippen molar-refractivity contribution < 1.29 is 18.0 Å². The molecule has 0 heterocycles. The third kappa shape index (κ3) is 10.4. The number of benzene rings is 3. The molecule has 0 aliphatic carbocycles. The number of hydrogen-bond acceptors (Lipinski definition) is 4. The average Bonchev–Trinajstić information content (AvgIpc) is 2.88. The monoisotopic (exact) mass is 617 g/mol. The summed E-state index contributed by atoms with van der Waals surface area (Å²) in [6.45, 7) is 5.95. The van der Waals surface area contributed by atoms with Gasteiger partial charge in [-0.1, -0.05) is 71.7 Å². The lowest BCUT2D eigenvalue weighted by Crippen LogP contribution is -2.54. The summed E-state index contributed by atoms with van der Waals surface area (Å²) in [5, 5.41) is 4.02. The van der Waals surface area contributed by atoms with E-state index in [4.69, 9.17) is 23.2 Å². The third-order valence-electron chi connectivity index (χ3n) is 6.28. The number of carbonyl (C=O) groups is 2. The van der Waals surface area contributed by atoms with Gasteiger partial charge in [0.05, 0.1) is 11.9 Å². The fourth-order valence-corrected chi connectivity index (χ4v) is 5.70. The second-order valence-electron chi connectivity index (χ2n) is 11.0. The van der Waals surface area contributed by atoms with Crippen LogP contribution in [0.15, 0.2) is 78.9 Å². The van der Waals surface area contributed by atoms with E-state index in [2.05, 4.69) is 5.32 Å². The molecule has 7 nitrogen and oxygen atoms in total. The van der Waals surface area contributed by atoms with Crippen LogP contribution in [-0.4, -0.2) is 49.5 Å². The number of halogens is 2. The number of sulfonamides is 1. The SMILES string of the molecule is CC(C)(C)NC(=O)C(Cc1ccccc1)N(Cc1ccc(Cl)cc1)C(=O)CCCN(c1cccc(Cl)c1)S(C)(=O)=O. The Hall–Kier alpha value is -3.07. The first-order valence-electron chi connectivity index (χ1n) is 13.4. The molecule has 1 unspecified atom stereocenters. The zero-order valence-electron chi connectivity index (χ0n) is 23.8. The van der Waals surface area contributed by atoms with E-state index in [1.165, 1.54) is 4.31 Å². The lowest BCUT2D eigenvalue weighted by molar-refractivity contribution is -0.142. The van der Waals surface area contributed by atoms with Crippen molar-refractivity contribution in [3.63, 3.8) is 0 Å². The summed E-state index contributed by atoms with van der Waals surface area (Å²) in [6.07, 6.45) is 1.72. The van der Waals surface area contributed by atoms with Gasteiger partial charge in [-0.2, -0.15) is 0 Å². The minimum absolute atomic E-state index is 0.0360. The first kappa shape index (κ1) is 32.4. The summed E-state index contributed by atoms with van der Waals surface area (Å²) in [6, 6.07) is 22.5. The first-order valence-corrected chi connectivity index (χ1v) is 16.0. The van der Waals surface area contributed by atoms with Crippen LogP contribution in [0.3, 0.4) is 0 Å². The molecule has 0 aliphatic rings. The third-order valence-corrected chi connectivity index (χ3v) is 7.96. The molecular formula is C31H37Cl2N3O4S. The predicted octanol–water partition coefficient (Wildman–Crippen LogP) is 6.09. The molecule has 0 aromatic heterocycles. The van der Waals surface area contributed by atoms with Crippen LogP contribution in [0.25, 0.3) is 0 Å². The maximum atomic E-state index is 13.9. The molecule has 0 aliphatic heterocycles. The van der Waals surface area contributed by atoms with Crippen LogP contribution in [0, 0.1) is 0 Å². The highest BCUT2D eigenvalue weighted by Gasteiger charge is 2.32. The van der Waals surface area contributed by atoms with E-state index in [0.29, 0.717) is 22.2 Å². The molecule has 0 saturated heterocycles. The van der Waals surface area contributed by atoms with E-state index >= 15 is 0 Å². The van der Waals surface area contributed by atoms with E-state index in [1.54, 1.807) is 41.3 Å². The molecule has 1 atom stereocenters. The molecule has 1 N–H and O–H groups in total. The number of carbonyl (C=O) groups excluding carboxylic acids is 2. The van der Waals surface area contributed by atoms with Gasteiger partial charge in [0.25, 0.3) is 0 Å². The Morgan fingerprint density at radius 1 is 0.878 bits per heavy atom. The van der Waals surface area contributed by atoms with Gasteiger partial charge >= 0.3 is 0 Å². The van der Waals surface area contributed by atoms with E-state index in [0.717, 1.165) is 17.4 Å². The van der Waals surface area contributed by atoms with Gasteiger partial charge in [-0.25, -0.2) is 8.42 Å². The quantitative estimate of drug-likeness (QED) is 0.266. The minimum Gasteiger partial charge on any atom is -0.350 e. The van der Waals surface area contributed by atoms with E-state index in [1.807, 2.05) is 63.2 Å². The Kier molecular flexibility index (Phi) is 11.2. The van der Waals surface area contributed by atoms with Crippen molar-refractivity contribution in [1.82, 2.24) is 10.2 Å². The molecule has 2 amide bonds. The highest BCUT2D eigenvalue weighted by atomic mass is 35.5. The van der Waals surface area contributed by atoms with Gasteiger partial charge in [-0.05, 0) is 68.7 Å². The molecule has 0 bridgehead atoms. The first-order chi connectivity index (χ1) is 19.2. The normalized spacial score (nSPS) is 12.4. The van der Waals surface area contributed by atoms with Crippen LogP contribution in [0.2, 0.25) is 10.0 Å². The van der Waals surface area contributed by atoms with Crippen LogP contribution in [-0.2, 0) is 32.6 Å². The topological polar surface area (TPSA) is 86.8 Å². The molecule has 41 heavy (non-hydrogen) atoms. The van der Waals surface area contributed by atoms with Crippen molar-refractivity contribution in [3.05, 3.63) is 100 Å². The highest BCUT2D eigenvalue weighted by Crippen LogP contribution is 2.23. The minimum atomic E-state index is -3.62. The van der Waals surface area contributed by atoms with Gasteiger partial charge in [-0.15, -0.1) is 0 Å². The zero-order chi connectivity index (χ0) is 30.2. The van der Waals surface area contributed by atoms with Gasteiger partial charge in [0.1, 0.15) is 6.04 Å². The van der Waals surface area contributed by atoms with E-state index in [9.17, 15) is 18.0 Å². The second kappa shape index (κ2) is 14.2. The molecule has 3 aromatic rings. The Morgan fingerprint density at radius 3 is 2.12 bits per heavy atom. The zero-order valence-corrected chi connectivity index (χ0v) is 26.1. The predicted molar refractivity (Wildman–Crippen MR) is 167 cm³/mol. The van der Waals surface area contributed by atoms with Gasteiger partial charge in [-0.3, -0.25) is 13.9 Å². The van der Waals surface area contributed by atoms with Crippen molar-refractivity contribution in [2.45, 2.75) is 58.2 Å². The van der Waals surface area contributed by atoms with Gasteiger partial charge < -0.3 is 10.2 Å². The summed E-state index contributed by atoms with van der Waals surface area (Å²) >= 11 is 12.2. The maximum Gasteiger partial charge on any atom is 0.243 e. The molecule has 0 saturated carbocycles. The van der Waals surface area contributed by atoms with Crippen molar-refractivity contribution in [2.24, 2.45) is 0 Å².